The van der Waals surface area contributed by atoms with Crippen molar-refractivity contribution in [3.63, 3.8) is 0 Å². The van der Waals surface area contributed by atoms with E-state index in [-0.39, 0.29) is 5.91 Å². The summed E-state index contributed by atoms with van der Waals surface area (Å²) in [6.45, 7) is 5.93. The highest BCUT2D eigenvalue weighted by atomic mass is 16.4. The third-order valence-corrected chi connectivity index (χ3v) is 5.30. The molecule has 4 rings (SSSR count). The highest BCUT2D eigenvalue weighted by Crippen LogP contribution is 2.29. The molecule has 0 saturated carbocycles. The Kier molecular flexibility index (Phi) is 4.80. The summed E-state index contributed by atoms with van der Waals surface area (Å²) in [6.07, 6.45) is 3.85. The SMILES string of the molecule is Cc1ccc(-c2cnc(-c3ccccc3C(=O)N3CCC(C)CC3)o2)cc1. The van der Waals surface area contributed by atoms with Gasteiger partial charge in [0.2, 0.25) is 5.89 Å². The van der Waals surface area contributed by atoms with E-state index >= 15 is 0 Å². The van der Waals surface area contributed by atoms with Crippen molar-refractivity contribution >= 4 is 5.91 Å². The van der Waals surface area contributed by atoms with Gasteiger partial charge in [-0.15, -0.1) is 0 Å². The lowest BCUT2D eigenvalue weighted by Crippen LogP contribution is -2.38. The van der Waals surface area contributed by atoms with Crippen LogP contribution in [0, 0.1) is 12.8 Å². The molecular formula is C23H24N2O2. The fourth-order valence-corrected chi connectivity index (χ4v) is 3.49. The minimum absolute atomic E-state index is 0.0626. The Morgan fingerprint density at radius 1 is 1.07 bits per heavy atom. The lowest BCUT2D eigenvalue weighted by Gasteiger charge is -2.30. The first-order valence-electron chi connectivity index (χ1n) is 9.53. The van der Waals surface area contributed by atoms with Crippen LogP contribution in [0.4, 0.5) is 0 Å². The average Bonchev–Trinajstić information content (AvgIpc) is 3.19. The summed E-state index contributed by atoms with van der Waals surface area (Å²) in [6, 6.07) is 15.7. The van der Waals surface area contributed by atoms with Gasteiger partial charge in [0.25, 0.3) is 5.91 Å². The topological polar surface area (TPSA) is 46.3 Å². The van der Waals surface area contributed by atoms with Crippen molar-refractivity contribution in [3.8, 4) is 22.8 Å². The number of carbonyl (C=O) groups is 1. The molecule has 3 aromatic rings. The van der Waals surface area contributed by atoms with Crippen LogP contribution < -0.4 is 0 Å². The number of oxazole rings is 1. The van der Waals surface area contributed by atoms with Gasteiger partial charge in [-0.05, 0) is 37.8 Å². The second-order valence-electron chi connectivity index (χ2n) is 7.42. The molecule has 0 aliphatic carbocycles. The minimum Gasteiger partial charge on any atom is -0.436 e. The molecule has 1 aromatic heterocycles. The number of piperidine rings is 1. The molecule has 0 N–H and O–H groups in total. The summed E-state index contributed by atoms with van der Waals surface area (Å²) >= 11 is 0. The standard InChI is InChI=1S/C23H24N2O2/c1-16-7-9-18(10-8-16)21-15-24-22(27-21)19-5-3-4-6-20(19)23(26)25-13-11-17(2)12-14-25/h3-10,15,17H,11-14H2,1-2H3. The van der Waals surface area contributed by atoms with E-state index in [1.54, 1.807) is 6.20 Å². The van der Waals surface area contributed by atoms with Crippen LogP contribution in [0.2, 0.25) is 0 Å². The number of aromatic nitrogens is 1. The maximum atomic E-state index is 13.1. The van der Waals surface area contributed by atoms with Gasteiger partial charge in [0.1, 0.15) is 0 Å². The van der Waals surface area contributed by atoms with Crippen molar-refractivity contribution < 1.29 is 9.21 Å². The quantitative estimate of drug-likeness (QED) is 0.646. The average molecular weight is 360 g/mol. The molecule has 1 saturated heterocycles. The Labute approximate surface area is 159 Å². The predicted octanol–water partition coefficient (Wildman–Crippen LogP) is 5.19. The Hall–Kier alpha value is -2.88. The van der Waals surface area contributed by atoms with E-state index in [1.165, 1.54) is 5.56 Å². The molecule has 1 aliphatic rings. The summed E-state index contributed by atoms with van der Waals surface area (Å²) < 4.78 is 6.01. The largest absolute Gasteiger partial charge is 0.436 e. The van der Waals surface area contributed by atoms with Crippen molar-refractivity contribution in [2.24, 2.45) is 5.92 Å². The number of benzene rings is 2. The van der Waals surface area contributed by atoms with Crippen LogP contribution in [0.25, 0.3) is 22.8 Å². The van der Waals surface area contributed by atoms with Crippen molar-refractivity contribution in [1.82, 2.24) is 9.88 Å². The molecule has 0 radical (unpaired) electrons. The van der Waals surface area contributed by atoms with Gasteiger partial charge in [0.05, 0.1) is 11.8 Å². The second kappa shape index (κ2) is 7.39. The van der Waals surface area contributed by atoms with E-state index in [0.717, 1.165) is 37.1 Å². The fourth-order valence-electron chi connectivity index (χ4n) is 3.49. The van der Waals surface area contributed by atoms with Gasteiger partial charge in [-0.3, -0.25) is 4.79 Å². The number of rotatable bonds is 3. The number of aryl methyl sites for hydroxylation is 1. The lowest BCUT2D eigenvalue weighted by atomic mass is 9.98. The maximum Gasteiger partial charge on any atom is 0.254 e. The number of nitrogens with zero attached hydrogens (tertiary/aromatic N) is 2. The molecule has 0 bridgehead atoms. The second-order valence-corrected chi connectivity index (χ2v) is 7.42. The minimum atomic E-state index is 0.0626. The molecule has 2 aromatic carbocycles. The van der Waals surface area contributed by atoms with Gasteiger partial charge >= 0.3 is 0 Å². The van der Waals surface area contributed by atoms with Crippen molar-refractivity contribution in [2.75, 3.05) is 13.1 Å². The first-order chi connectivity index (χ1) is 13.1. The van der Waals surface area contributed by atoms with Crippen LogP contribution >= 0.6 is 0 Å². The first kappa shape index (κ1) is 17.5. The summed E-state index contributed by atoms with van der Waals surface area (Å²) in [5.41, 5.74) is 3.59. The normalized spacial score (nSPS) is 15.1. The Morgan fingerprint density at radius 2 is 1.78 bits per heavy atom. The summed E-state index contributed by atoms with van der Waals surface area (Å²) in [7, 11) is 0. The van der Waals surface area contributed by atoms with Crippen LogP contribution in [0.3, 0.4) is 0 Å². The zero-order chi connectivity index (χ0) is 18.8. The third-order valence-electron chi connectivity index (χ3n) is 5.30. The van der Waals surface area contributed by atoms with E-state index in [2.05, 4.69) is 18.8 Å². The smallest absolute Gasteiger partial charge is 0.254 e. The van der Waals surface area contributed by atoms with Gasteiger partial charge in [-0.1, -0.05) is 48.9 Å². The third kappa shape index (κ3) is 3.65. The van der Waals surface area contributed by atoms with Gasteiger partial charge in [0, 0.05) is 24.2 Å². The highest BCUT2D eigenvalue weighted by Gasteiger charge is 2.24. The monoisotopic (exact) mass is 360 g/mol. The zero-order valence-electron chi connectivity index (χ0n) is 15.8. The molecule has 1 fully saturated rings. The molecular weight excluding hydrogens is 336 g/mol. The summed E-state index contributed by atoms with van der Waals surface area (Å²) in [4.78, 5) is 19.5. The van der Waals surface area contributed by atoms with Crippen LogP contribution in [-0.4, -0.2) is 28.9 Å². The molecule has 27 heavy (non-hydrogen) atoms. The molecule has 138 valence electrons. The molecule has 0 spiro atoms. The van der Waals surface area contributed by atoms with E-state index in [1.807, 2.05) is 53.4 Å². The van der Waals surface area contributed by atoms with Crippen LogP contribution in [-0.2, 0) is 0 Å². The first-order valence-corrected chi connectivity index (χ1v) is 9.53. The number of carbonyl (C=O) groups excluding carboxylic acids is 1. The van der Waals surface area contributed by atoms with Crippen molar-refractivity contribution in [1.29, 1.82) is 0 Å². The molecule has 0 unspecified atom stereocenters. The van der Waals surface area contributed by atoms with E-state index in [4.69, 9.17) is 4.42 Å². The molecule has 4 nitrogen and oxygen atoms in total. The molecule has 2 heterocycles. The predicted molar refractivity (Wildman–Crippen MR) is 106 cm³/mol. The molecule has 1 amide bonds. The molecule has 0 atom stereocenters. The van der Waals surface area contributed by atoms with Crippen molar-refractivity contribution in [3.05, 3.63) is 65.9 Å². The Bertz CT molecular complexity index is 935. The van der Waals surface area contributed by atoms with Crippen LogP contribution in [0.1, 0.15) is 35.7 Å². The number of amides is 1. The lowest BCUT2D eigenvalue weighted by molar-refractivity contribution is 0.0698. The zero-order valence-corrected chi connectivity index (χ0v) is 15.8. The van der Waals surface area contributed by atoms with Crippen LogP contribution in [0.15, 0.2) is 59.1 Å². The van der Waals surface area contributed by atoms with Gasteiger partial charge in [-0.2, -0.15) is 0 Å². The van der Waals surface area contributed by atoms with E-state index in [0.29, 0.717) is 23.1 Å². The van der Waals surface area contributed by atoms with Gasteiger partial charge in [-0.25, -0.2) is 4.98 Å². The summed E-state index contributed by atoms with van der Waals surface area (Å²) in [5, 5.41) is 0. The maximum absolute atomic E-state index is 13.1. The fraction of sp³-hybridized carbons (Fsp3) is 0.304. The Morgan fingerprint density at radius 3 is 2.52 bits per heavy atom. The molecule has 4 heteroatoms. The van der Waals surface area contributed by atoms with Crippen molar-refractivity contribution in [2.45, 2.75) is 26.7 Å². The Balaban J connectivity index is 1.63. The number of hydrogen-bond acceptors (Lipinski definition) is 3. The number of hydrogen-bond donors (Lipinski definition) is 0. The highest BCUT2D eigenvalue weighted by molar-refractivity contribution is 6.00. The van der Waals surface area contributed by atoms with E-state index in [9.17, 15) is 4.79 Å². The van der Waals surface area contributed by atoms with Gasteiger partial charge < -0.3 is 9.32 Å². The van der Waals surface area contributed by atoms with Crippen LogP contribution in [0.5, 0.6) is 0 Å². The van der Waals surface area contributed by atoms with E-state index < -0.39 is 0 Å². The number of likely N-dealkylation sites (tertiary alicyclic amines) is 1. The summed E-state index contributed by atoms with van der Waals surface area (Å²) in [5.74, 6) is 1.94. The van der Waals surface area contributed by atoms with Gasteiger partial charge in [0.15, 0.2) is 5.76 Å². The molecule has 1 aliphatic heterocycles.